The van der Waals surface area contributed by atoms with Crippen molar-refractivity contribution in [3.63, 3.8) is 0 Å². The second-order valence-electron chi connectivity index (χ2n) is 8.25. The van der Waals surface area contributed by atoms with Crippen molar-refractivity contribution in [2.45, 2.75) is 45.6 Å². The smallest absolute Gasteiger partial charge is 0.254 e. The van der Waals surface area contributed by atoms with Crippen molar-refractivity contribution >= 4 is 17.5 Å². The van der Waals surface area contributed by atoms with Crippen LogP contribution in [0.1, 0.15) is 48.1 Å². The predicted molar refractivity (Wildman–Crippen MR) is 120 cm³/mol. The van der Waals surface area contributed by atoms with Gasteiger partial charge in [0.25, 0.3) is 5.91 Å². The number of amides is 1. The summed E-state index contributed by atoms with van der Waals surface area (Å²) in [6.45, 7) is 4.89. The van der Waals surface area contributed by atoms with Crippen molar-refractivity contribution in [3.05, 3.63) is 59.0 Å². The number of halogens is 1. The minimum atomic E-state index is 0.0512. The van der Waals surface area contributed by atoms with E-state index in [9.17, 15) is 4.79 Å². The summed E-state index contributed by atoms with van der Waals surface area (Å²) < 4.78 is 1.78. The van der Waals surface area contributed by atoms with Gasteiger partial charge in [-0.15, -0.1) is 0 Å². The van der Waals surface area contributed by atoms with E-state index in [0.29, 0.717) is 22.9 Å². The Kier molecular flexibility index (Phi) is 6.32. The van der Waals surface area contributed by atoms with Gasteiger partial charge in [0.05, 0.1) is 16.3 Å². The van der Waals surface area contributed by atoms with E-state index in [-0.39, 0.29) is 11.9 Å². The van der Waals surface area contributed by atoms with Crippen LogP contribution in [0.15, 0.2) is 36.9 Å². The Hall–Kier alpha value is -2.80. The zero-order valence-electron chi connectivity index (χ0n) is 18.1. The van der Waals surface area contributed by atoms with Crippen LogP contribution in [0, 0.1) is 12.8 Å². The highest BCUT2D eigenvalue weighted by Gasteiger charge is 2.33. The Balaban J connectivity index is 1.62. The summed E-state index contributed by atoms with van der Waals surface area (Å²) in [4.78, 5) is 28.9. The molecular weight excluding hydrogens is 412 g/mol. The van der Waals surface area contributed by atoms with E-state index in [1.165, 1.54) is 0 Å². The first kappa shape index (κ1) is 21.4. The van der Waals surface area contributed by atoms with E-state index >= 15 is 0 Å². The van der Waals surface area contributed by atoms with Gasteiger partial charge >= 0.3 is 0 Å². The third-order valence-corrected chi connectivity index (χ3v) is 6.28. The maximum Gasteiger partial charge on any atom is 0.254 e. The molecule has 31 heavy (non-hydrogen) atoms. The van der Waals surface area contributed by atoms with Gasteiger partial charge < -0.3 is 4.90 Å². The Morgan fingerprint density at radius 1 is 1.23 bits per heavy atom. The summed E-state index contributed by atoms with van der Waals surface area (Å²) in [5.41, 5.74) is 3.20. The fraction of sp³-hybridized carbons (Fsp3) is 0.435. The Bertz CT molecular complexity index is 1060. The molecule has 8 heteroatoms. The zero-order valence-corrected chi connectivity index (χ0v) is 18.9. The maximum absolute atomic E-state index is 13.8. The second-order valence-corrected chi connectivity index (χ2v) is 8.69. The normalized spacial score (nSPS) is 18.9. The van der Waals surface area contributed by atoms with Crippen molar-refractivity contribution in [2.24, 2.45) is 13.0 Å². The molecule has 1 aliphatic heterocycles. The summed E-state index contributed by atoms with van der Waals surface area (Å²) in [5.74, 6) is 1.22. The van der Waals surface area contributed by atoms with Crippen molar-refractivity contribution in [3.8, 4) is 11.3 Å². The minimum absolute atomic E-state index is 0.0512. The molecule has 3 aromatic heterocycles. The molecule has 1 amide bonds. The average Bonchev–Trinajstić information content (AvgIpc) is 3.19. The first-order valence-electron chi connectivity index (χ1n) is 10.7. The van der Waals surface area contributed by atoms with Crippen LogP contribution in [0.5, 0.6) is 0 Å². The molecule has 7 nitrogen and oxygen atoms in total. The number of likely N-dealkylation sites (tertiary alicyclic amines) is 1. The standard InChI is InChI=1S/C23H27ClN6O/c1-15-5-4-10-30(20(15)6-7-22-26-12-17(24)13-27-22)23(31)18-11-16(2)25-14-19(18)21-8-9-28-29(21)3/h8-9,11-15,20H,4-7,10H2,1-3H3/t15-,20-/m1/s1. The van der Waals surface area contributed by atoms with E-state index in [1.54, 1.807) is 29.5 Å². The Morgan fingerprint density at radius 3 is 2.71 bits per heavy atom. The van der Waals surface area contributed by atoms with Crippen LogP contribution in [-0.2, 0) is 13.5 Å². The molecule has 3 aromatic rings. The number of carbonyl (C=O) groups excluding carboxylic acids is 1. The number of aromatic nitrogens is 5. The van der Waals surface area contributed by atoms with E-state index < -0.39 is 0 Å². The molecule has 4 heterocycles. The number of rotatable bonds is 5. The third kappa shape index (κ3) is 4.61. The molecule has 4 rings (SSSR count). The number of hydrogen-bond donors (Lipinski definition) is 0. The molecule has 0 saturated carbocycles. The number of piperidine rings is 1. The van der Waals surface area contributed by atoms with Crippen molar-refractivity contribution in [2.75, 3.05) is 6.54 Å². The van der Waals surface area contributed by atoms with Gasteiger partial charge in [-0.3, -0.25) is 14.5 Å². The van der Waals surface area contributed by atoms with E-state index in [2.05, 4.69) is 27.0 Å². The Labute approximate surface area is 187 Å². The summed E-state index contributed by atoms with van der Waals surface area (Å²) in [6, 6.07) is 3.94. The Morgan fingerprint density at radius 2 is 2.00 bits per heavy atom. The molecule has 0 radical (unpaired) electrons. The molecule has 162 valence electrons. The highest BCUT2D eigenvalue weighted by molar-refractivity contribution is 6.30. The fourth-order valence-electron chi connectivity index (χ4n) is 4.42. The average molecular weight is 439 g/mol. The van der Waals surface area contributed by atoms with E-state index in [0.717, 1.165) is 48.6 Å². The molecular formula is C23H27ClN6O. The topological polar surface area (TPSA) is 76.8 Å². The van der Waals surface area contributed by atoms with Crippen LogP contribution in [0.3, 0.4) is 0 Å². The highest BCUT2D eigenvalue weighted by atomic mass is 35.5. The monoisotopic (exact) mass is 438 g/mol. The summed E-state index contributed by atoms with van der Waals surface area (Å²) in [6.07, 6.45) is 10.4. The van der Waals surface area contributed by atoms with Gasteiger partial charge in [-0.25, -0.2) is 9.97 Å². The molecule has 1 fully saturated rings. The minimum Gasteiger partial charge on any atom is -0.335 e. The summed E-state index contributed by atoms with van der Waals surface area (Å²) >= 11 is 5.91. The van der Waals surface area contributed by atoms with Crippen LogP contribution in [0.25, 0.3) is 11.3 Å². The number of nitrogens with zero attached hydrogens (tertiary/aromatic N) is 6. The molecule has 0 N–H and O–H groups in total. The van der Waals surface area contributed by atoms with Crippen LogP contribution in [0.4, 0.5) is 0 Å². The second kappa shape index (κ2) is 9.14. The van der Waals surface area contributed by atoms with Crippen LogP contribution in [-0.4, -0.2) is 48.1 Å². The highest BCUT2D eigenvalue weighted by Crippen LogP contribution is 2.31. The van der Waals surface area contributed by atoms with Gasteiger partial charge in [-0.1, -0.05) is 18.5 Å². The lowest BCUT2D eigenvalue weighted by molar-refractivity contribution is 0.0499. The van der Waals surface area contributed by atoms with E-state index in [4.69, 9.17) is 11.6 Å². The molecule has 0 aromatic carbocycles. The van der Waals surface area contributed by atoms with E-state index in [1.807, 2.05) is 31.0 Å². The van der Waals surface area contributed by atoms with Gasteiger partial charge in [0, 0.05) is 62.1 Å². The predicted octanol–water partition coefficient (Wildman–Crippen LogP) is 4.11. The lowest BCUT2D eigenvalue weighted by atomic mass is 9.87. The number of carbonyl (C=O) groups is 1. The number of aryl methyl sites for hydroxylation is 3. The van der Waals surface area contributed by atoms with Gasteiger partial charge in [0.1, 0.15) is 5.82 Å². The molecule has 0 bridgehead atoms. The van der Waals surface area contributed by atoms with Crippen LogP contribution in [0.2, 0.25) is 5.02 Å². The van der Waals surface area contributed by atoms with Crippen molar-refractivity contribution in [1.82, 2.24) is 29.6 Å². The number of pyridine rings is 1. The van der Waals surface area contributed by atoms with Gasteiger partial charge in [-0.05, 0) is 44.2 Å². The molecule has 1 saturated heterocycles. The quantitative estimate of drug-likeness (QED) is 0.599. The van der Waals surface area contributed by atoms with Crippen LogP contribution >= 0.6 is 11.6 Å². The molecule has 0 spiro atoms. The fourth-order valence-corrected chi connectivity index (χ4v) is 4.52. The first-order valence-corrected chi connectivity index (χ1v) is 11.0. The first-order chi connectivity index (χ1) is 14.9. The number of hydrogen-bond acceptors (Lipinski definition) is 5. The summed E-state index contributed by atoms with van der Waals surface area (Å²) in [7, 11) is 1.88. The SMILES string of the molecule is Cc1cc(C(=O)N2CCC[C@@H](C)[C@H]2CCc2ncc(Cl)cn2)c(-c2ccnn2C)cn1. The van der Waals surface area contributed by atoms with Gasteiger partial charge in [0.15, 0.2) is 0 Å². The molecule has 1 aliphatic rings. The van der Waals surface area contributed by atoms with Crippen molar-refractivity contribution < 1.29 is 4.79 Å². The largest absolute Gasteiger partial charge is 0.335 e. The lowest BCUT2D eigenvalue weighted by Gasteiger charge is -2.40. The van der Waals surface area contributed by atoms with Crippen LogP contribution < -0.4 is 0 Å². The van der Waals surface area contributed by atoms with Crippen molar-refractivity contribution in [1.29, 1.82) is 0 Å². The third-order valence-electron chi connectivity index (χ3n) is 6.08. The lowest BCUT2D eigenvalue weighted by Crippen LogP contribution is -2.48. The van der Waals surface area contributed by atoms with Gasteiger partial charge in [-0.2, -0.15) is 5.10 Å². The molecule has 2 atom stereocenters. The maximum atomic E-state index is 13.8. The summed E-state index contributed by atoms with van der Waals surface area (Å²) in [5, 5.41) is 4.80. The molecule has 0 aliphatic carbocycles. The zero-order chi connectivity index (χ0) is 22.0. The molecule has 0 unspecified atom stereocenters. The van der Waals surface area contributed by atoms with Gasteiger partial charge in [0.2, 0.25) is 0 Å².